The van der Waals surface area contributed by atoms with Gasteiger partial charge in [0.25, 0.3) is 0 Å². The van der Waals surface area contributed by atoms with E-state index in [9.17, 15) is 5.11 Å². The Hall–Kier alpha value is -0.340. The van der Waals surface area contributed by atoms with Crippen molar-refractivity contribution in [1.82, 2.24) is 0 Å². The third-order valence-electron chi connectivity index (χ3n) is 4.64. The third kappa shape index (κ3) is 2.80. The number of rotatable bonds is 3. The van der Waals surface area contributed by atoms with Crippen LogP contribution in [-0.4, -0.2) is 5.11 Å². The van der Waals surface area contributed by atoms with Gasteiger partial charge in [0.2, 0.25) is 0 Å². The van der Waals surface area contributed by atoms with Crippen molar-refractivity contribution in [3.63, 3.8) is 0 Å². The molecule has 1 fully saturated rings. The smallest absolute Gasteiger partial charge is 0.0907 e. The van der Waals surface area contributed by atoms with Crippen molar-refractivity contribution in [3.05, 3.63) is 34.3 Å². The van der Waals surface area contributed by atoms with Gasteiger partial charge in [-0.05, 0) is 43.2 Å². The third-order valence-corrected chi connectivity index (χ3v) is 5.33. The normalized spacial score (nSPS) is 27.8. The van der Waals surface area contributed by atoms with E-state index in [2.05, 4.69) is 22.9 Å². The highest BCUT2D eigenvalue weighted by Crippen LogP contribution is 2.43. The van der Waals surface area contributed by atoms with Crippen molar-refractivity contribution in [2.24, 2.45) is 11.8 Å². The predicted molar refractivity (Wildman–Crippen MR) is 79.5 cm³/mol. The number of halogens is 1. The summed E-state index contributed by atoms with van der Waals surface area (Å²) in [5, 5.41) is 10.9. The van der Waals surface area contributed by atoms with Gasteiger partial charge in [0.1, 0.15) is 0 Å². The Morgan fingerprint density at radius 1 is 1.22 bits per heavy atom. The highest BCUT2D eigenvalue weighted by molar-refractivity contribution is 9.10. The number of hydrogen-bond donors (Lipinski definition) is 1. The standard InChI is InChI=1S/C16H23BrO/c1-3-12-8-10-13(11-9-12)16(2,18)14-6-4-5-7-15(14)17/h4-7,12-13,18H,3,8-11H2,1-2H3. The maximum absolute atomic E-state index is 10.9. The molecule has 0 bridgehead atoms. The van der Waals surface area contributed by atoms with Crippen LogP contribution in [0.4, 0.5) is 0 Å². The quantitative estimate of drug-likeness (QED) is 0.844. The molecule has 1 nitrogen and oxygen atoms in total. The minimum Gasteiger partial charge on any atom is -0.385 e. The van der Waals surface area contributed by atoms with E-state index < -0.39 is 5.60 Å². The summed E-state index contributed by atoms with van der Waals surface area (Å²) in [7, 11) is 0. The Morgan fingerprint density at radius 2 is 1.83 bits per heavy atom. The van der Waals surface area contributed by atoms with Crippen LogP contribution in [0, 0.1) is 11.8 Å². The van der Waals surface area contributed by atoms with Crippen LogP contribution in [0.2, 0.25) is 0 Å². The van der Waals surface area contributed by atoms with Crippen LogP contribution < -0.4 is 0 Å². The van der Waals surface area contributed by atoms with Gasteiger partial charge in [-0.3, -0.25) is 0 Å². The molecule has 0 radical (unpaired) electrons. The summed E-state index contributed by atoms with van der Waals surface area (Å²) < 4.78 is 1.02. The van der Waals surface area contributed by atoms with E-state index in [1.165, 1.54) is 19.3 Å². The van der Waals surface area contributed by atoms with Crippen molar-refractivity contribution in [2.45, 2.75) is 51.6 Å². The molecule has 1 aliphatic rings. The Morgan fingerprint density at radius 3 is 2.39 bits per heavy atom. The summed E-state index contributed by atoms with van der Waals surface area (Å²) in [5.41, 5.74) is 0.323. The second kappa shape index (κ2) is 5.75. The summed E-state index contributed by atoms with van der Waals surface area (Å²) in [5.74, 6) is 1.26. The molecule has 100 valence electrons. The first kappa shape index (κ1) is 14.1. The number of hydrogen-bond acceptors (Lipinski definition) is 1. The Bertz CT molecular complexity index is 392. The summed E-state index contributed by atoms with van der Waals surface area (Å²) >= 11 is 3.56. The molecule has 0 amide bonds. The lowest BCUT2D eigenvalue weighted by molar-refractivity contribution is -0.0282. The molecule has 1 saturated carbocycles. The molecule has 18 heavy (non-hydrogen) atoms. The van der Waals surface area contributed by atoms with Gasteiger partial charge in [0.15, 0.2) is 0 Å². The lowest BCUT2D eigenvalue weighted by atomic mass is 9.71. The van der Waals surface area contributed by atoms with Crippen LogP contribution in [-0.2, 0) is 5.60 Å². The molecule has 0 spiro atoms. The Labute approximate surface area is 119 Å². The molecular weight excluding hydrogens is 288 g/mol. The minimum absolute atomic E-state index is 0.388. The van der Waals surface area contributed by atoms with Crippen LogP contribution in [0.3, 0.4) is 0 Å². The first-order chi connectivity index (χ1) is 8.55. The average molecular weight is 311 g/mol. The highest BCUT2D eigenvalue weighted by atomic mass is 79.9. The summed E-state index contributed by atoms with van der Waals surface area (Å²) in [6.07, 6.45) is 6.10. The maximum atomic E-state index is 10.9. The van der Waals surface area contributed by atoms with E-state index in [-0.39, 0.29) is 0 Å². The molecule has 0 aromatic heterocycles. The van der Waals surface area contributed by atoms with Crippen molar-refractivity contribution < 1.29 is 5.11 Å². The number of benzene rings is 1. The summed E-state index contributed by atoms with van der Waals surface area (Å²) in [6, 6.07) is 8.06. The molecule has 1 N–H and O–H groups in total. The van der Waals surface area contributed by atoms with Crippen LogP contribution >= 0.6 is 15.9 Å². The van der Waals surface area contributed by atoms with Gasteiger partial charge in [0, 0.05) is 4.47 Å². The van der Waals surface area contributed by atoms with E-state index in [0.717, 1.165) is 28.8 Å². The highest BCUT2D eigenvalue weighted by Gasteiger charge is 2.37. The monoisotopic (exact) mass is 310 g/mol. The van der Waals surface area contributed by atoms with E-state index in [0.29, 0.717) is 5.92 Å². The molecule has 1 unspecified atom stereocenters. The fourth-order valence-electron chi connectivity index (χ4n) is 3.22. The zero-order chi connectivity index (χ0) is 13.2. The Kier molecular flexibility index (Phi) is 4.50. The first-order valence-electron chi connectivity index (χ1n) is 7.03. The van der Waals surface area contributed by atoms with E-state index >= 15 is 0 Å². The molecule has 1 atom stereocenters. The zero-order valence-electron chi connectivity index (χ0n) is 11.3. The average Bonchev–Trinajstić information content (AvgIpc) is 2.39. The number of aliphatic hydroxyl groups is 1. The predicted octanol–water partition coefficient (Wildman–Crippen LogP) is 4.87. The van der Waals surface area contributed by atoms with Crippen LogP contribution in [0.5, 0.6) is 0 Å². The fraction of sp³-hybridized carbons (Fsp3) is 0.625. The molecule has 2 heteroatoms. The van der Waals surface area contributed by atoms with Gasteiger partial charge in [-0.25, -0.2) is 0 Å². The topological polar surface area (TPSA) is 20.2 Å². The maximum Gasteiger partial charge on any atom is 0.0907 e. The lowest BCUT2D eigenvalue weighted by Gasteiger charge is -2.38. The van der Waals surface area contributed by atoms with Crippen molar-refractivity contribution in [1.29, 1.82) is 0 Å². The van der Waals surface area contributed by atoms with Gasteiger partial charge in [-0.2, -0.15) is 0 Å². The molecule has 2 rings (SSSR count). The minimum atomic E-state index is -0.710. The van der Waals surface area contributed by atoms with E-state index in [4.69, 9.17) is 0 Å². The molecule has 1 aromatic carbocycles. The molecular formula is C16H23BrO. The van der Waals surface area contributed by atoms with Crippen LogP contribution in [0.25, 0.3) is 0 Å². The molecule has 0 saturated heterocycles. The van der Waals surface area contributed by atoms with Crippen molar-refractivity contribution >= 4 is 15.9 Å². The van der Waals surface area contributed by atoms with Gasteiger partial charge < -0.3 is 5.11 Å². The largest absolute Gasteiger partial charge is 0.385 e. The molecule has 0 aliphatic heterocycles. The molecule has 1 aliphatic carbocycles. The van der Waals surface area contributed by atoms with E-state index in [1.54, 1.807) is 0 Å². The van der Waals surface area contributed by atoms with Gasteiger partial charge in [0.05, 0.1) is 5.60 Å². The Balaban J connectivity index is 2.14. The molecule has 1 aromatic rings. The fourth-order valence-corrected chi connectivity index (χ4v) is 3.91. The summed E-state index contributed by atoms with van der Waals surface area (Å²) in [4.78, 5) is 0. The SMILES string of the molecule is CCC1CCC(C(C)(O)c2ccccc2Br)CC1. The van der Waals surface area contributed by atoms with Crippen LogP contribution in [0.1, 0.15) is 51.5 Å². The lowest BCUT2D eigenvalue weighted by Crippen LogP contribution is -2.35. The second-order valence-electron chi connectivity index (χ2n) is 5.75. The van der Waals surface area contributed by atoms with Gasteiger partial charge in [-0.1, -0.05) is 60.3 Å². The van der Waals surface area contributed by atoms with Gasteiger partial charge >= 0.3 is 0 Å². The zero-order valence-corrected chi connectivity index (χ0v) is 12.9. The van der Waals surface area contributed by atoms with Crippen LogP contribution in [0.15, 0.2) is 28.7 Å². The second-order valence-corrected chi connectivity index (χ2v) is 6.61. The van der Waals surface area contributed by atoms with Crippen molar-refractivity contribution in [3.8, 4) is 0 Å². The van der Waals surface area contributed by atoms with Crippen molar-refractivity contribution in [2.75, 3.05) is 0 Å². The molecule has 0 heterocycles. The summed E-state index contributed by atoms with van der Waals surface area (Å²) in [6.45, 7) is 4.25. The first-order valence-corrected chi connectivity index (χ1v) is 7.82. The van der Waals surface area contributed by atoms with Gasteiger partial charge in [-0.15, -0.1) is 0 Å². The van der Waals surface area contributed by atoms with E-state index in [1.807, 2.05) is 31.2 Å².